The summed E-state index contributed by atoms with van der Waals surface area (Å²) in [5.41, 5.74) is -0.463. The lowest BCUT2D eigenvalue weighted by Crippen LogP contribution is -2.43. The lowest BCUT2D eigenvalue weighted by atomic mass is 9.97. The highest BCUT2D eigenvalue weighted by Gasteiger charge is 2.58. The summed E-state index contributed by atoms with van der Waals surface area (Å²) in [7, 11) is -11.4. The van der Waals surface area contributed by atoms with Gasteiger partial charge in [-0.05, 0) is 45.1 Å². The maximum atomic E-state index is 15.7. The zero-order valence-corrected chi connectivity index (χ0v) is 27.9. The van der Waals surface area contributed by atoms with Crippen molar-refractivity contribution in [2.24, 2.45) is 0 Å². The summed E-state index contributed by atoms with van der Waals surface area (Å²) in [5, 5.41) is 8.36. The Hall–Kier alpha value is -2.71. The average Bonchev–Trinajstić information content (AvgIpc) is 2.99. The number of unbranched alkanes of at least 4 members (excludes halogenated alkanes) is 3. The second kappa shape index (κ2) is 18.2. The van der Waals surface area contributed by atoms with Gasteiger partial charge in [-0.25, -0.2) is 4.79 Å². The van der Waals surface area contributed by atoms with Crippen molar-refractivity contribution in [1.29, 1.82) is 0 Å². The minimum Gasteiger partial charge on any atom is -0.466 e. The van der Waals surface area contributed by atoms with Crippen molar-refractivity contribution in [3.05, 3.63) is 48.0 Å². The topological polar surface area (TPSA) is 220 Å². The second-order valence-corrected chi connectivity index (χ2v) is 15.1. The number of nitrogens with one attached hydrogen (secondary N) is 1. The van der Waals surface area contributed by atoms with E-state index in [1.807, 2.05) is 0 Å². The molecule has 47 heavy (non-hydrogen) atoms. The van der Waals surface area contributed by atoms with Crippen molar-refractivity contribution in [3.63, 3.8) is 0 Å². The van der Waals surface area contributed by atoms with Crippen LogP contribution in [0.25, 0.3) is 0 Å². The summed E-state index contributed by atoms with van der Waals surface area (Å²) < 4.78 is 64.3. The first-order chi connectivity index (χ1) is 21.9. The number of halogens is 2. The number of ether oxygens (including phenoxy) is 2. The molecule has 1 saturated heterocycles. The zero-order chi connectivity index (χ0) is 35.3. The number of hydrogen-bond acceptors (Lipinski definition) is 8. The number of alkyl halides is 2. The summed E-state index contributed by atoms with van der Waals surface area (Å²) in [6.45, 7) is 1.86. The van der Waals surface area contributed by atoms with Gasteiger partial charge in [-0.15, -0.1) is 0 Å². The molecule has 18 heteroatoms. The molecule has 0 spiro atoms. The van der Waals surface area contributed by atoms with Crippen molar-refractivity contribution in [2.75, 3.05) is 19.7 Å². The van der Waals surface area contributed by atoms with Crippen LogP contribution < -0.4 is 5.32 Å². The van der Waals surface area contributed by atoms with Crippen molar-refractivity contribution in [3.8, 4) is 0 Å². The van der Waals surface area contributed by atoms with Crippen LogP contribution in [0.2, 0.25) is 0 Å². The molecule has 1 aromatic carbocycles. The standard InChI is InChI=1S/C29H44F2N2O12P2/c1-2-44-26(35)16-8-3-4-9-21-33-23(14-10-15-25(33)34)17-18-24(29(30,31)22-12-6-5-7-13-22)45-27(36)32-20-11-19-28(37,46(38,39)40)47(41,42)43/h5-7,12-13,17-18,23-24,37H,2-4,8-11,14-16,19-21H2,1H3,(H,32,36)(H2,38,39,40)(H2,41,42,43)/b18-17+/t23-,24-/m1/s1. The molecule has 0 unspecified atom stereocenters. The number of esters is 1. The molecule has 0 bridgehead atoms. The Morgan fingerprint density at radius 2 is 1.70 bits per heavy atom. The van der Waals surface area contributed by atoms with Gasteiger partial charge in [0.05, 0.1) is 12.6 Å². The summed E-state index contributed by atoms with van der Waals surface area (Å²) in [6.07, 6.45) is 1.55. The molecule has 2 rings (SSSR count). The highest BCUT2D eigenvalue weighted by atomic mass is 31.2. The van der Waals surface area contributed by atoms with E-state index < -0.39 is 69.4 Å². The fourth-order valence-corrected chi connectivity index (χ4v) is 7.25. The number of benzene rings is 1. The predicted octanol–water partition coefficient (Wildman–Crippen LogP) is 4.11. The van der Waals surface area contributed by atoms with Gasteiger partial charge in [0.25, 0.3) is 5.08 Å². The van der Waals surface area contributed by atoms with Gasteiger partial charge in [-0.2, -0.15) is 8.78 Å². The van der Waals surface area contributed by atoms with Crippen LogP contribution in [-0.4, -0.2) is 84.5 Å². The first kappa shape index (κ1) is 40.5. The van der Waals surface area contributed by atoms with E-state index in [2.05, 4.69) is 5.32 Å². The molecular formula is C29H44F2N2O12P2. The van der Waals surface area contributed by atoms with E-state index in [0.29, 0.717) is 51.7 Å². The third-order valence-electron chi connectivity index (χ3n) is 7.60. The molecule has 2 atom stereocenters. The molecule has 2 amide bonds. The van der Waals surface area contributed by atoms with Gasteiger partial charge in [0.15, 0.2) is 6.10 Å². The first-order valence-corrected chi connectivity index (χ1v) is 18.5. The maximum absolute atomic E-state index is 15.7. The summed E-state index contributed by atoms with van der Waals surface area (Å²) in [5.74, 6) is -4.15. The monoisotopic (exact) mass is 712 g/mol. The van der Waals surface area contributed by atoms with Crippen LogP contribution in [-0.2, 0) is 34.1 Å². The molecule has 0 aliphatic carbocycles. The second-order valence-electron chi connectivity index (χ2n) is 11.1. The number of aliphatic hydroxyl groups is 1. The number of piperidine rings is 1. The summed E-state index contributed by atoms with van der Waals surface area (Å²) in [4.78, 5) is 75.4. The molecule has 0 saturated carbocycles. The quantitative estimate of drug-likeness (QED) is 0.0517. The van der Waals surface area contributed by atoms with E-state index in [1.54, 1.807) is 11.8 Å². The lowest BCUT2D eigenvalue weighted by molar-refractivity contribution is -0.143. The van der Waals surface area contributed by atoms with Crippen LogP contribution >= 0.6 is 15.2 Å². The minimum atomic E-state index is -5.71. The molecule has 1 aliphatic heterocycles. The molecule has 1 aromatic rings. The molecule has 1 fully saturated rings. The van der Waals surface area contributed by atoms with Gasteiger partial charge < -0.3 is 44.4 Å². The van der Waals surface area contributed by atoms with E-state index >= 15 is 8.78 Å². The van der Waals surface area contributed by atoms with Crippen LogP contribution in [0.5, 0.6) is 0 Å². The van der Waals surface area contributed by atoms with Crippen LogP contribution in [0.1, 0.15) is 76.7 Å². The SMILES string of the molecule is CCOC(=O)CCCCCCN1C(=O)CCC[C@@H]1/C=C/[C@@H](OC(=O)NCCCC(O)(P(=O)(O)O)P(=O)(O)O)C(F)(F)c1ccccc1. The Morgan fingerprint density at radius 1 is 1.06 bits per heavy atom. The van der Waals surface area contributed by atoms with Gasteiger partial charge in [0.2, 0.25) is 5.91 Å². The largest absolute Gasteiger partial charge is 0.466 e. The Bertz CT molecular complexity index is 1280. The van der Waals surface area contributed by atoms with E-state index in [1.165, 1.54) is 24.3 Å². The Balaban J connectivity index is 2.11. The fourth-order valence-electron chi connectivity index (χ4n) is 5.00. The first-order valence-electron chi connectivity index (χ1n) is 15.3. The number of carbonyl (C=O) groups excluding carboxylic acids is 3. The van der Waals surface area contributed by atoms with Gasteiger partial charge in [0, 0.05) is 37.9 Å². The van der Waals surface area contributed by atoms with Crippen molar-refractivity contribution in [2.45, 2.75) is 94.3 Å². The molecule has 1 heterocycles. The third-order valence-corrected chi connectivity index (χ3v) is 11.5. The Labute approximate surface area is 271 Å². The minimum absolute atomic E-state index is 0.145. The van der Waals surface area contributed by atoms with E-state index in [4.69, 9.17) is 9.47 Å². The fraction of sp³-hybridized carbons (Fsp3) is 0.621. The highest BCUT2D eigenvalue weighted by molar-refractivity contribution is 7.72. The molecule has 6 N–H and O–H groups in total. The normalized spacial score (nSPS) is 17.1. The Kier molecular flexibility index (Phi) is 15.6. The van der Waals surface area contributed by atoms with Crippen LogP contribution in [0, 0.1) is 0 Å². The summed E-state index contributed by atoms with van der Waals surface area (Å²) >= 11 is 0. The van der Waals surface area contributed by atoms with Gasteiger partial charge in [0.1, 0.15) is 0 Å². The third kappa shape index (κ3) is 12.0. The molecule has 1 aliphatic rings. The van der Waals surface area contributed by atoms with Crippen LogP contribution in [0.3, 0.4) is 0 Å². The lowest BCUT2D eigenvalue weighted by Gasteiger charge is -2.34. The summed E-state index contributed by atoms with van der Waals surface area (Å²) in [6, 6.07) is 6.02. The number of nitrogens with zero attached hydrogens (tertiary/aromatic N) is 1. The van der Waals surface area contributed by atoms with E-state index in [9.17, 15) is 48.2 Å². The highest BCUT2D eigenvalue weighted by Crippen LogP contribution is 2.69. The molecular weight excluding hydrogens is 668 g/mol. The smallest absolute Gasteiger partial charge is 0.407 e. The molecule has 0 aromatic heterocycles. The van der Waals surface area contributed by atoms with Gasteiger partial charge in [-0.1, -0.05) is 49.2 Å². The van der Waals surface area contributed by atoms with Crippen LogP contribution in [0.15, 0.2) is 42.5 Å². The number of alkyl carbamates (subject to hydrolysis) is 1. The van der Waals surface area contributed by atoms with E-state index in [-0.39, 0.29) is 11.9 Å². The number of hydrogen-bond donors (Lipinski definition) is 6. The van der Waals surface area contributed by atoms with Crippen molar-refractivity contribution in [1.82, 2.24) is 10.2 Å². The Morgan fingerprint density at radius 3 is 2.32 bits per heavy atom. The average molecular weight is 713 g/mol. The maximum Gasteiger partial charge on any atom is 0.407 e. The predicted molar refractivity (Wildman–Crippen MR) is 165 cm³/mol. The van der Waals surface area contributed by atoms with Crippen molar-refractivity contribution < 1.29 is 66.4 Å². The van der Waals surface area contributed by atoms with Crippen LogP contribution in [0.4, 0.5) is 13.6 Å². The van der Waals surface area contributed by atoms with Gasteiger partial charge >= 0.3 is 33.2 Å². The number of rotatable bonds is 19. The van der Waals surface area contributed by atoms with Gasteiger partial charge in [-0.3, -0.25) is 18.7 Å². The molecule has 0 radical (unpaired) electrons. The zero-order valence-electron chi connectivity index (χ0n) is 26.1. The number of carbonyl (C=O) groups is 3. The number of likely N-dealkylation sites (tertiary alicyclic amines) is 1. The number of amides is 2. The van der Waals surface area contributed by atoms with E-state index in [0.717, 1.165) is 31.1 Å². The molecule has 266 valence electrons. The molecule has 14 nitrogen and oxygen atoms in total. The van der Waals surface area contributed by atoms with Crippen molar-refractivity contribution >= 4 is 33.2 Å².